The number of benzene rings is 4. The monoisotopic (exact) mass is 595 g/mol. The van der Waals surface area contributed by atoms with Crippen LogP contribution in [0.1, 0.15) is 74.8 Å². The lowest BCUT2D eigenvalue weighted by atomic mass is 9.75. The van der Waals surface area contributed by atoms with Crippen LogP contribution in [0.25, 0.3) is 28.3 Å². The van der Waals surface area contributed by atoms with Gasteiger partial charge in [0.2, 0.25) is 0 Å². The minimum atomic E-state index is -0.132. The van der Waals surface area contributed by atoms with Gasteiger partial charge in [0.1, 0.15) is 0 Å². The first-order valence-corrected chi connectivity index (χ1v) is 16.7. The molecule has 0 saturated carbocycles. The lowest BCUT2D eigenvalue weighted by Crippen LogP contribution is -2.33. The summed E-state index contributed by atoms with van der Waals surface area (Å²) in [6, 6.07) is 32.1. The van der Waals surface area contributed by atoms with Crippen LogP contribution < -0.4 is 10.7 Å². The number of hydrogen-bond acceptors (Lipinski definition) is 2. The van der Waals surface area contributed by atoms with Gasteiger partial charge in [0.25, 0.3) is 0 Å². The fourth-order valence-corrected chi connectivity index (χ4v) is 7.62. The zero-order valence-corrected chi connectivity index (χ0v) is 27.5. The Hall–Kier alpha value is -4.08. The molecule has 1 aliphatic heterocycles. The molecule has 0 spiro atoms. The molecule has 1 unspecified atom stereocenters. The van der Waals surface area contributed by atoms with E-state index in [1.807, 2.05) is 0 Å². The third kappa shape index (κ3) is 6.37. The first-order valence-electron chi connectivity index (χ1n) is 16.7. The predicted molar refractivity (Wildman–Crippen MR) is 193 cm³/mol. The number of rotatable bonds is 12. The van der Waals surface area contributed by atoms with Gasteiger partial charge in [-0.3, -0.25) is 4.90 Å². The van der Waals surface area contributed by atoms with E-state index < -0.39 is 0 Å². The van der Waals surface area contributed by atoms with Crippen LogP contribution in [-0.4, -0.2) is 22.6 Å². The van der Waals surface area contributed by atoms with Gasteiger partial charge in [-0.25, -0.2) is 0 Å². The molecule has 3 heteroatoms. The standard InChI is InChI=1S/C42H49N3/c1-7-43-30(2)16-17-31(3)45-32(4)37-14-11-15-38-39(22-23-40(45)41(37)38)42(5,6)36-20-18-33(19-21-36)28-34-24-26-44(27-25-34)29-35-12-9-8-10-13-35/h7-15,18-23,31,34,43H,1-2,4,16-17,24-29H2,3,5-6H3. The molecule has 1 saturated heterocycles. The summed E-state index contributed by atoms with van der Waals surface area (Å²) in [7, 11) is 0. The van der Waals surface area contributed by atoms with E-state index in [1.165, 1.54) is 76.3 Å². The van der Waals surface area contributed by atoms with Crippen molar-refractivity contribution >= 4 is 28.3 Å². The molecule has 1 aliphatic rings. The molecule has 1 N–H and O–H groups in total. The van der Waals surface area contributed by atoms with Gasteiger partial charge in [0.05, 0.1) is 0 Å². The second kappa shape index (κ2) is 13.1. The van der Waals surface area contributed by atoms with E-state index in [9.17, 15) is 0 Å². The van der Waals surface area contributed by atoms with Crippen molar-refractivity contribution in [3.8, 4) is 0 Å². The molecule has 4 aromatic carbocycles. The first kappa shape index (κ1) is 30.9. The summed E-state index contributed by atoms with van der Waals surface area (Å²) in [6.45, 7) is 23.0. The van der Waals surface area contributed by atoms with Crippen molar-refractivity contribution in [3.05, 3.63) is 138 Å². The van der Waals surface area contributed by atoms with Crippen molar-refractivity contribution in [1.82, 2.24) is 14.8 Å². The third-order valence-corrected chi connectivity index (χ3v) is 10.3. The third-order valence-electron chi connectivity index (χ3n) is 10.3. The molecule has 0 amide bonds. The Morgan fingerprint density at radius 1 is 0.911 bits per heavy atom. The van der Waals surface area contributed by atoms with Crippen molar-refractivity contribution in [3.63, 3.8) is 0 Å². The molecule has 1 atom stereocenters. The number of piperidine rings is 1. The van der Waals surface area contributed by atoms with E-state index in [2.05, 4.69) is 140 Å². The summed E-state index contributed by atoms with van der Waals surface area (Å²) in [4.78, 5) is 2.61. The maximum absolute atomic E-state index is 4.56. The number of allylic oxidation sites excluding steroid dienone is 1. The number of hydrogen-bond donors (Lipinski definition) is 1. The van der Waals surface area contributed by atoms with Crippen molar-refractivity contribution in [2.75, 3.05) is 13.1 Å². The molecule has 0 bridgehead atoms. The maximum Gasteiger partial charge on any atom is 0.0500 e. The van der Waals surface area contributed by atoms with E-state index >= 15 is 0 Å². The topological polar surface area (TPSA) is 20.2 Å². The van der Waals surface area contributed by atoms with Crippen LogP contribution in [0.4, 0.5) is 0 Å². The van der Waals surface area contributed by atoms with E-state index in [4.69, 9.17) is 0 Å². The number of nitrogens with zero attached hydrogens (tertiary/aromatic N) is 2. The normalized spacial score (nSPS) is 15.4. The van der Waals surface area contributed by atoms with E-state index in [0.29, 0.717) is 6.04 Å². The fraction of sp³-hybridized carbons (Fsp3) is 0.333. The van der Waals surface area contributed by atoms with Gasteiger partial charge in [0, 0.05) is 45.3 Å². The molecular weight excluding hydrogens is 546 g/mol. The highest BCUT2D eigenvalue weighted by molar-refractivity contribution is 6.11. The predicted octanol–water partition coefficient (Wildman–Crippen LogP) is 9.29. The number of nitrogens with one attached hydrogen (secondary N) is 1. The molecule has 1 aromatic heterocycles. The molecular formula is C42H49N3. The Balaban J connectivity index is 1.18. The lowest BCUT2D eigenvalue weighted by molar-refractivity contribution is 0.177. The molecule has 6 rings (SSSR count). The molecule has 0 aliphatic carbocycles. The quantitative estimate of drug-likeness (QED) is 0.155. The summed E-state index contributed by atoms with van der Waals surface area (Å²) >= 11 is 0. The maximum atomic E-state index is 4.56. The van der Waals surface area contributed by atoms with Gasteiger partial charge >= 0.3 is 0 Å². The molecule has 232 valence electrons. The van der Waals surface area contributed by atoms with Crippen molar-refractivity contribution < 1.29 is 0 Å². The Kier molecular flexibility index (Phi) is 9.01. The van der Waals surface area contributed by atoms with Crippen molar-refractivity contribution in [2.45, 2.75) is 70.9 Å². The van der Waals surface area contributed by atoms with Gasteiger partial charge in [0.15, 0.2) is 0 Å². The minimum Gasteiger partial charge on any atom is -0.366 e. The van der Waals surface area contributed by atoms with Crippen LogP contribution in [0.2, 0.25) is 0 Å². The molecule has 1 fully saturated rings. The van der Waals surface area contributed by atoms with Crippen molar-refractivity contribution in [2.24, 2.45) is 5.92 Å². The van der Waals surface area contributed by atoms with Crippen LogP contribution in [-0.2, 0) is 18.4 Å². The molecule has 5 aromatic rings. The molecule has 45 heavy (non-hydrogen) atoms. The average molecular weight is 596 g/mol. The fourth-order valence-electron chi connectivity index (χ4n) is 7.62. The molecule has 3 nitrogen and oxygen atoms in total. The molecule has 0 radical (unpaired) electrons. The van der Waals surface area contributed by atoms with Crippen LogP contribution >= 0.6 is 0 Å². The van der Waals surface area contributed by atoms with Gasteiger partial charge in [-0.15, -0.1) is 0 Å². The average Bonchev–Trinajstić information content (AvgIpc) is 3.34. The van der Waals surface area contributed by atoms with Gasteiger partial charge in [-0.2, -0.15) is 0 Å². The van der Waals surface area contributed by atoms with E-state index in [0.717, 1.165) is 36.4 Å². The Morgan fingerprint density at radius 2 is 1.62 bits per heavy atom. The zero-order valence-electron chi connectivity index (χ0n) is 27.5. The van der Waals surface area contributed by atoms with Crippen LogP contribution in [0.3, 0.4) is 0 Å². The number of likely N-dealkylation sites (tertiary alicyclic amines) is 1. The highest BCUT2D eigenvalue weighted by atomic mass is 15.1. The SMILES string of the molecule is C=CNC(=C)CCC(C)n1c(=C)c2cccc3c(C(C)(C)c4ccc(CC5CCN(Cc6ccccc6)CC5)cc4)ccc1c32. The second-order valence-corrected chi connectivity index (χ2v) is 13.7. The smallest absolute Gasteiger partial charge is 0.0500 e. The van der Waals surface area contributed by atoms with Crippen LogP contribution in [0.5, 0.6) is 0 Å². The summed E-state index contributed by atoms with van der Waals surface area (Å²) in [5, 5.41) is 8.14. The lowest BCUT2D eigenvalue weighted by Gasteiger charge is -2.32. The summed E-state index contributed by atoms with van der Waals surface area (Å²) in [5.74, 6) is 0.766. The first-order chi connectivity index (χ1) is 21.8. The summed E-state index contributed by atoms with van der Waals surface area (Å²) < 4.78 is 2.43. The molecule has 2 heterocycles. The van der Waals surface area contributed by atoms with Crippen molar-refractivity contribution in [1.29, 1.82) is 0 Å². The van der Waals surface area contributed by atoms with E-state index in [-0.39, 0.29) is 5.41 Å². The van der Waals surface area contributed by atoms with Gasteiger partial charge in [-0.1, -0.05) is 112 Å². The van der Waals surface area contributed by atoms with Crippen LogP contribution in [0, 0.1) is 5.92 Å². The van der Waals surface area contributed by atoms with Crippen LogP contribution in [0.15, 0.2) is 110 Å². The highest BCUT2D eigenvalue weighted by Crippen LogP contribution is 2.40. The Labute approximate surface area is 269 Å². The second-order valence-electron chi connectivity index (χ2n) is 13.7. The highest BCUT2D eigenvalue weighted by Gasteiger charge is 2.28. The number of aromatic nitrogens is 1. The zero-order chi connectivity index (χ0) is 31.6. The van der Waals surface area contributed by atoms with E-state index in [1.54, 1.807) is 6.20 Å². The van der Waals surface area contributed by atoms with Gasteiger partial charge < -0.3 is 9.88 Å². The Bertz CT molecular complexity index is 1820. The Morgan fingerprint density at radius 3 is 2.33 bits per heavy atom. The van der Waals surface area contributed by atoms with Gasteiger partial charge in [-0.05, 0) is 97.9 Å². The summed E-state index contributed by atoms with van der Waals surface area (Å²) in [6.07, 6.45) is 7.32. The minimum absolute atomic E-state index is 0.132. The summed E-state index contributed by atoms with van der Waals surface area (Å²) in [5.41, 5.74) is 7.75. The largest absolute Gasteiger partial charge is 0.366 e.